The van der Waals surface area contributed by atoms with Gasteiger partial charge in [0.15, 0.2) is 0 Å². The number of aliphatic hydroxyl groups excluding tert-OH is 1. The van der Waals surface area contributed by atoms with E-state index in [4.69, 9.17) is 11.6 Å². The maximum atomic E-state index is 12.2. The van der Waals surface area contributed by atoms with E-state index in [9.17, 15) is 13.5 Å². The number of nitrogens with one attached hydrogen (secondary N) is 1. The fraction of sp³-hybridized carbons (Fsp3) is 0.600. The lowest BCUT2D eigenvalue weighted by Gasteiger charge is -2.24. The summed E-state index contributed by atoms with van der Waals surface area (Å²) in [6.45, 7) is 5.70. The van der Waals surface area contributed by atoms with Crippen molar-refractivity contribution in [2.24, 2.45) is 5.92 Å². The van der Waals surface area contributed by atoms with Gasteiger partial charge in [-0.2, -0.15) is 0 Å². The molecule has 2 rings (SSSR count). The van der Waals surface area contributed by atoms with Crippen molar-refractivity contribution in [3.05, 3.63) is 29.3 Å². The molecule has 1 aliphatic heterocycles. The third-order valence-corrected chi connectivity index (χ3v) is 5.92. The van der Waals surface area contributed by atoms with E-state index in [-0.39, 0.29) is 16.5 Å². The third kappa shape index (κ3) is 4.43. The number of likely N-dealkylation sites (tertiary alicyclic amines) is 1. The number of hydrogen-bond donors (Lipinski definition) is 2. The molecule has 1 heterocycles. The van der Waals surface area contributed by atoms with Crippen LogP contribution in [0.4, 0.5) is 0 Å². The molecule has 0 radical (unpaired) electrons. The Bertz CT molecular complexity index is 609. The Kier molecular flexibility index (Phi) is 5.85. The van der Waals surface area contributed by atoms with Gasteiger partial charge >= 0.3 is 0 Å². The highest BCUT2D eigenvalue weighted by atomic mass is 35.5. The fourth-order valence-corrected chi connectivity index (χ4v) is 4.51. The molecule has 22 heavy (non-hydrogen) atoms. The summed E-state index contributed by atoms with van der Waals surface area (Å²) in [4.78, 5) is 2.23. The minimum Gasteiger partial charge on any atom is -0.390 e. The van der Waals surface area contributed by atoms with E-state index in [0.29, 0.717) is 18.5 Å². The standard InChI is InChI=1S/C15H23ClN2O3S/c1-11-7-12(2)18(9-11)10-13(19)8-17-22(20,21)15-6-4-3-5-14(15)16/h3-6,11-13,17,19H,7-10H2,1-2H3/t11?,12?,13-/m0/s1. The van der Waals surface area contributed by atoms with E-state index in [2.05, 4.69) is 23.5 Å². The van der Waals surface area contributed by atoms with E-state index in [1.165, 1.54) is 12.1 Å². The number of halogens is 1. The summed E-state index contributed by atoms with van der Waals surface area (Å²) in [5, 5.41) is 10.3. The third-order valence-electron chi connectivity index (χ3n) is 3.99. The van der Waals surface area contributed by atoms with Crippen LogP contribution in [-0.4, -0.2) is 50.2 Å². The Morgan fingerprint density at radius 3 is 2.68 bits per heavy atom. The van der Waals surface area contributed by atoms with Crippen molar-refractivity contribution >= 4 is 21.6 Å². The first kappa shape index (κ1) is 17.7. The van der Waals surface area contributed by atoms with Gasteiger partial charge in [0.05, 0.1) is 11.1 Å². The summed E-state index contributed by atoms with van der Waals surface area (Å²) < 4.78 is 26.8. The molecule has 7 heteroatoms. The quantitative estimate of drug-likeness (QED) is 0.822. The number of aliphatic hydroxyl groups is 1. The smallest absolute Gasteiger partial charge is 0.242 e. The minimum absolute atomic E-state index is 0.0227. The second-order valence-electron chi connectivity index (χ2n) is 6.08. The molecule has 2 N–H and O–H groups in total. The molecule has 1 saturated heterocycles. The summed E-state index contributed by atoms with van der Waals surface area (Å²) in [5.41, 5.74) is 0. The number of β-amino-alcohol motifs (C(OH)–C–C–N with tert-alkyl or cyclic N) is 1. The first-order chi connectivity index (χ1) is 10.3. The van der Waals surface area contributed by atoms with Gasteiger partial charge in [0.25, 0.3) is 0 Å². The number of rotatable bonds is 6. The zero-order chi connectivity index (χ0) is 16.3. The van der Waals surface area contributed by atoms with Crippen LogP contribution in [0, 0.1) is 5.92 Å². The summed E-state index contributed by atoms with van der Waals surface area (Å²) >= 11 is 5.91. The van der Waals surface area contributed by atoms with Gasteiger partial charge in [-0.1, -0.05) is 30.7 Å². The SMILES string of the molecule is CC1CC(C)N(C[C@@H](O)CNS(=O)(=O)c2ccccc2Cl)C1. The van der Waals surface area contributed by atoms with Gasteiger partial charge in [0.1, 0.15) is 4.90 Å². The van der Waals surface area contributed by atoms with Crippen molar-refractivity contribution in [1.82, 2.24) is 9.62 Å². The van der Waals surface area contributed by atoms with Crippen LogP contribution in [0.15, 0.2) is 29.2 Å². The molecule has 1 fully saturated rings. The van der Waals surface area contributed by atoms with Gasteiger partial charge in [0, 0.05) is 25.7 Å². The second-order valence-corrected chi connectivity index (χ2v) is 8.22. The maximum Gasteiger partial charge on any atom is 0.242 e. The van der Waals surface area contributed by atoms with Crippen LogP contribution in [0.1, 0.15) is 20.3 Å². The van der Waals surface area contributed by atoms with Gasteiger partial charge in [-0.05, 0) is 31.4 Å². The molecule has 0 saturated carbocycles. The maximum absolute atomic E-state index is 12.2. The van der Waals surface area contributed by atoms with Crippen LogP contribution < -0.4 is 4.72 Å². The molecule has 0 bridgehead atoms. The van der Waals surface area contributed by atoms with Gasteiger partial charge in [-0.25, -0.2) is 13.1 Å². The lowest BCUT2D eigenvalue weighted by Crippen LogP contribution is -2.41. The molecular weight excluding hydrogens is 324 g/mol. The Morgan fingerprint density at radius 2 is 2.09 bits per heavy atom. The van der Waals surface area contributed by atoms with E-state index in [1.54, 1.807) is 12.1 Å². The molecule has 0 spiro atoms. The van der Waals surface area contributed by atoms with Crippen LogP contribution in [0.2, 0.25) is 5.02 Å². The lowest BCUT2D eigenvalue weighted by atomic mass is 10.1. The molecule has 1 aromatic rings. The lowest BCUT2D eigenvalue weighted by molar-refractivity contribution is 0.111. The van der Waals surface area contributed by atoms with E-state index >= 15 is 0 Å². The molecule has 5 nitrogen and oxygen atoms in total. The topological polar surface area (TPSA) is 69.6 Å². The number of nitrogens with zero attached hydrogens (tertiary/aromatic N) is 1. The molecule has 124 valence electrons. The van der Waals surface area contributed by atoms with E-state index in [0.717, 1.165) is 13.0 Å². The number of benzene rings is 1. The van der Waals surface area contributed by atoms with Crippen LogP contribution in [0.5, 0.6) is 0 Å². The largest absolute Gasteiger partial charge is 0.390 e. The van der Waals surface area contributed by atoms with Gasteiger partial charge < -0.3 is 5.11 Å². The molecule has 1 aromatic carbocycles. The van der Waals surface area contributed by atoms with E-state index < -0.39 is 16.1 Å². The predicted molar refractivity (Wildman–Crippen MR) is 87.5 cm³/mol. The van der Waals surface area contributed by atoms with Crippen LogP contribution >= 0.6 is 11.6 Å². The van der Waals surface area contributed by atoms with Crippen LogP contribution in [-0.2, 0) is 10.0 Å². The highest BCUT2D eigenvalue weighted by Crippen LogP contribution is 2.22. The van der Waals surface area contributed by atoms with Gasteiger partial charge in [0.2, 0.25) is 10.0 Å². The Morgan fingerprint density at radius 1 is 1.41 bits per heavy atom. The van der Waals surface area contributed by atoms with Crippen molar-refractivity contribution in [1.29, 1.82) is 0 Å². The molecule has 2 unspecified atom stereocenters. The predicted octanol–water partition coefficient (Wildman–Crippen LogP) is 1.71. The molecule has 0 amide bonds. The highest BCUT2D eigenvalue weighted by Gasteiger charge is 2.28. The van der Waals surface area contributed by atoms with Crippen LogP contribution in [0.3, 0.4) is 0 Å². The first-order valence-electron chi connectivity index (χ1n) is 7.46. The number of hydrogen-bond acceptors (Lipinski definition) is 4. The van der Waals surface area contributed by atoms with E-state index in [1.807, 2.05) is 0 Å². The first-order valence-corrected chi connectivity index (χ1v) is 9.32. The normalized spacial score (nSPS) is 24.5. The molecular formula is C15H23ClN2O3S. The number of sulfonamides is 1. The molecule has 0 aliphatic carbocycles. The van der Waals surface area contributed by atoms with Crippen molar-refractivity contribution in [3.63, 3.8) is 0 Å². The van der Waals surface area contributed by atoms with Crippen molar-refractivity contribution < 1.29 is 13.5 Å². The average Bonchev–Trinajstić information content (AvgIpc) is 2.75. The molecule has 1 aliphatic rings. The van der Waals surface area contributed by atoms with Crippen molar-refractivity contribution in [2.75, 3.05) is 19.6 Å². The second kappa shape index (κ2) is 7.27. The zero-order valence-corrected chi connectivity index (χ0v) is 14.4. The molecule has 3 atom stereocenters. The van der Waals surface area contributed by atoms with Crippen LogP contribution in [0.25, 0.3) is 0 Å². The molecule has 0 aromatic heterocycles. The summed E-state index contributed by atoms with van der Waals surface area (Å²) in [5.74, 6) is 0.613. The van der Waals surface area contributed by atoms with Gasteiger partial charge in [-0.3, -0.25) is 4.90 Å². The monoisotopic (exact) mass is 346 g/mol. The Balaban J connectivity index is 1.91. The average molecular weight is 347 g/mol. The Hall–Kier alpha value is -0.660. The Labute approximate surface area is 137 Å². The summed E-state index contributed by atoms with van der Waals surface area (Å²) in [6.07, 6.45) is 0.364. The fourth-order valence-electron chi connectivity index (χ4n) is 2.92. The zero-order valence-electron chi connectivity index (χ0n) is 12.9. The summed E-state index contributed by atoms with van der Waals surface area (Å²) in [7, 11) is -3.70. The van der Waals surface area contributed by atoms with Gasteiger partial charge in [-0.15, -0.1) is 0 Å². The summed E-state index contributed by atoms with van der Waals surface area (Å²) in [6, 6.07) is 6.68. The van der Waals surface area contributed by atoms with Crippen molar-refractivity contribution in [2.45, 2.75) is 37.3 Å². The minimum atomic E-state index is -3.70. The van der Waals surface area contributed by atoms with Crippen molar-refractivity contribution in [3.8, 4) is 0 Å². The highest BCUT2D eigenvalue weighted by molar-refractivity contribution is 7.89.